The zero-order chi connectivity index (χ0) is 16.3. The summed E-state index contributed by atoms with van der Waals surface area (Å²) >= 11 is 5.65. The van der Waals surface area contributed by atoms with Gasteiger partial charge in [0.1, 0.15) is 11.6 Å². The van der Waals surface area contributed by atoms with Crippen LogP contribution in [0.1, 0.15) is 5.56 Å². The predicted molar refractivity (Wildman–Crippen MR) is 83.1 cm³/mol. The lowest BCUT2D eigenvalue weighted by atomic mass is 10.2. The first-order valence-corrected chi connectivity index (χ1v) is 8.21. The van der Waals surface area contributed by atoms with Gasteiger partial charge in [-0.05, 0) is 24.3 Å². The van der Waals surface area contributed by atoms with Crippen LogP contribution in [-0.4, -0.2) is 26.9 Å². The van der Waals surface area contributed by atoms with Crippen LogP contribution in [0.25, 0.3) is 0 Å². The van der Waals surface area contributed by atoms with Crippen LogP contribution < -0.4 is 4.74 Å². The van der Waals surface area contributed by atoms with Gasteiger partial charge in [0.25, 0.3) is 0 Å². The minimum Gasteiger partial charge on any atom is -0.496 e. The molecule has 0 amide bonds. The van der Waals surface area contributed by atoms with E-state index in [0.717, 1.165) is 22.0 Å². The molecule has 0 N–H and O–H groups in total. The predicted octanol–water partition coefficient (Wildman–Crippen LogP) is 3.31. The Morgan fingerprint density at radius 3 is 2.55 bits per heavy atom. The maximum absolute atomic E-state index is 13.2. The van der Waals surface area contributed by atoms with Crippen molar-refractivity contribution in [2.75, 3.05) is 14.2 Å². The van der Waals surface area contributed by atoms with E-state index in [2.05, 4.69) is 0 Å². The molecule has 0 radical (unpaired) electrons. The Labute approximate surface area is 134 Å². The third-order valence-electron chi connectivity index (χ3n) is 3.18. The number of ether oxygens (including phenoxy) is 1. The maximum atomic E-state index is 13.2. The fourth-order valence-corrected chi connectivity index (χ4v) is 3.40. The summed E-state index contributed by atoms with van der Waals surface area (Å²) in [7, 11) is -0.810. The van der Waals surface area contributed by atoms with Crippen molar-refractivity contribution in [1.82, 2.24) is 4.31 Å². The molecule has 7 heteroatoms. The molecule has 4 nitrogen and oxygen atoms in total. The summed E-state index contributed by atoms with van der Waals surface area (Å²) in [5.41, 5.74) is 0.726. The first-order chi connectivity index (χ1) is 10.4. The number of nitrogens with zero attached hydrogens (tertiary/aromatic N) is 1. The van der Waals surface area contributed by atoms with E-state index in [-0.39, 0.29) is 16.5 Å². The summed E-state index contributed by atoms with van der Waals surface area (Å²) in [6, 6.07) is 10.5. The zero-order valence-corrected chi connectivity index (χ0v) is 13.7. The molecule has 0 heterocycles. The van der Waals surface area contributed by atoms with Crippen LogP contribution in [0.4, 0.5) is 4.39 Å². The minimum atomic E-state index is -3.77. The van der Waals surface area contributed by atoms with Gasteiger partial charge < -0.3 is 4.74 Å². The molecule has 0 unspecified atom stereocenters. The Balaban J connectivity index is 2.31. The molecule has 2 aromatic carbocycles. The molecule has 0 bridgehead atoms. The number of benzene rings is 2. The lowest BCUT2D eigenvalue weighted by molar-refractivity contribution is 0.398. The van der Waals surface area contributed by atoms with Crippen LogP contribution in [0.15, 0.2) is 47.4 Å². The van der Waals surface area contributed by atoms with Gasteiger partial charge in [-0.2, -0.15) is 4.31 Å². The highest BCUT2D eigenvalue weighted by Crippen LogP contribution is 2.25. The third-order valence-corrected chi connectivity index (χ3v) is 5.27. The van der Waals surface area contributed by atoms with E-state index < -0.39 is 15.8 Å². The molecular formula is C15H15ClFNO3S. The van der Waals surface area contributed by atoms with Gasteiger partial charge in [0.2, 0.25) is 10.0 Å². The SMILES string of the molecule is COc1ccccc1CN(C)S(=O)(=O)c1ccc(F)c(Cl)c1. The molecule has 0 aliphatic heterocycles. The van der Waals surface area contributed by atoms with Gasteiger partial charge in [-0.15, -0.1) is 0 Å². The Morgan fingerprint density at radius 1 is 1.23 bits per heavy atom. The summed E-state index contributed by atoms with van der Waals surface area (Å²) in [6.07, 6.45) is 0. The molecule has 0 saturated heterocycles. The summed E-state index contributed by atoms with van der Waals surface area (Å²) in [6.45, 7) is 0.126. The standard InChI is InChI=1S/C15H15ClFNO3S/c1-18(10-11-5-3-4-6-15(11)21-2)22(19,20)12-7-8-14(17)13(16)9-12/h3-9H,10H2,1-2H3. The molecule has 0 aliphatic rings. The van der Waals surface area contributed by atoms with Gasteiger partial charge in [0.05, 0.1) is 17.0 Å². The van der Waals surface area contributed by atoms with Crippen LogP contribution in [0.5, 0.6) is 5.75 Å². The van der Waals surface area contributed by atoms with E-state index in [1.165, 1.54) is 20.2 Å². The highest BCUT2D eigenvalue weighted by Gasteiger charge is 2.22. The van der Waals surface area contributed by atoms with E-state index in [0.29, 0.717) is 5.75 Å². The van der Waals surface area contributed by atoms with Gasteiger partial charge in [-0.25, -0.2) is 12.8 Å². The number of halogens is 2. The Hall–Kier alpha value is -1.63. The highest BCUT2D eigenvalue weighted by molar-refractivity contribution is 7.89. The lowest BCUT2D eigenvalue weighted by Crippen LogP contribution is -2.26. The van der Waals surface area contributed by atoms with Crippen molar-refractivity contribution in [1.29, 1.82) is 0 Å². The first kappa shape index (κ1) is 16.7. The first-order valence-electron chi connectivity index (χ1n) is 6.39. The molecular weight excluding hydrogens is 329 g/mol. The Morgan fingerprint density at radius 2 is 1.91 bits per heavy atom. The van der Waals surface area contributed by atoms with Crippen molar-refractivity contribution < 1.29 is 17.5 Å². The van der Waals surface area contributed by atoms with Gasteiger partial charge >= 0.3 is 0 Å². The van der Waals surface area contributed by atoms with Gasteiger partial charge in [-0.1, -0.05) is 29.8 Å². The van der Waals surface area contributed by atoms with E-state index in [9.17, 15) is 12.8 Å². The smallest absolute Gasteiger partial charge is 0.243 e. The van der Waals surface area contributed by atoms with E-state index in [1.807, 2.05) is 0 Å². The average Bonchev–Trinajstić information content (AvgIpc) is 2.50. The number of sulfonamides is 1. The summed E-state index contributed by atoms with van der Waals surface area (Å²) in [4.78, 5) is -0.0590. The quantitative estimate of drug-likeness (QED) is 0.836. The maximum Gasteiger partial charge on any atom is 0.243 e. The topological polar surface area (TPSA) is 46.6 Å². The summed E-state index contributed by atoms with van der Waals surface area (Å²) in [5, 5.41) is -0.230. The zero-order valence-electron chi connectivity index (χ0n) is 12.1. The Kier molecular flexibility index (Phi) is 5.05. The molecule has 0 spiro atoms. The van der Waals surface area contributed by atoms with Crippen molar-refractivity contribution in [3.8, 4) is 5.75 Å². The normalized spacial score (nSPS) is 11.7. The molecule has 0 aromatic heterocycles. The van der Waals surface area contributed by atoms with Crippen LogP contribution in [-0.2, 0) is 16.6 Å². The number of hydrogen-bond acceptors (Lipinski definition) is 3. The number of hydrogen-bond donors (Lipinski definition) is 0. The average molecular weight is 344 g/mol. The minimum absolute atomic E-state index is 0.0590. The van der Waals surface area contributed by atoms with Crippen molar-refractivity contribution in [2.24, 2.45) is 0 Å². The van der Waals surface area contributed by atoms with Crippen molar-refractivity contribution in [3.63, 3.8) is 0 Å². The van der Waals surface area contributed by atoms with Crippen LogP contribution >= 0.6 is 11.6 Å². The summed E-state index contributed by atoms with van der Waals surface area (Å²) < 4.78 is 44.6. The molecule has 0 atom stereocenters. The van der Waals surface area contributed by atoms with Crippen LogP contribution in [0, 0.1) is 5.82 Å². The molecule has 0 saturated carbocycles. The largest absolute Gasteiger partial charge is 0.496 e. The number of para-hydroxylation sites is 1. The van der Waals surface area contributed by atoms with E-state index in [4.69, 9.17) is 16.3 Å². The van der Waals surface area contributed by atoms with Crippen LogP contribution in [0.2, 0.25) is 5.02 Å². The molecule has 2 aromatic rings. The Bertz CT molecular complexity index is 780. The second-order valence-corrected chi connectivity index (χ2v) is 7.10. The van der Waals surface area contributed by atoms with Crippen molar-refractivity contribution >= 4 is 21.6 Å². The second kappa shape index (κ2) is 6.64. The number of methoxy groups -OCH3 is 1. The van der Waals surface area contributed by atoms with E-state index in [1.54, 1.807) is 24.3 Å². The molecule has 0 aliphatic carbocycles. The fraction of sp³-hybridized carbons (Fsp3) is 0.200. The molecule has 118 valence electrons. The van der Waals surface area contributed by atoms with Crippen molar-refractivity contribution in [2.45, 2.75) is 11.4 Å². The fourth-order valence-electron chi connectivity index (χ4n) is 1.98. The van der Waals surface area contributed by atoms with Crippen LogP contribution in [0.3, 0.4) is 0 Å². The second-order valence-electron chi connectivity index (χ2n) is 4.65. The lowest BCUT2D eigenvalue weighted by Gasteiger charge is -2.19. The van der Waals surface area contributed by atoms with E-state index >= 15 is 0 Å². The monoisotopic (exact) mass is 343 g/mol. The molecule has 0 fully saturated rings. The third kappa shape index (κ3) is 3.40. The van der Waals surface area contributed by atoms with Crippen molar-refractivity contribution in [3.05, 3.63) is 58.9 Å². The summed E-state index contributed by atoms with van der Waals surface area (Å²) in [5.74, 6) is -0.0605. The molecule has 2 rings (SSSR count). The van der Waals surface area contributed by atoms with Gasteiger partial charge in [-0.3, -0.25) is 0 Å². The molecule has 22 heavy (non-hydrogen) atoms. The van der Waals surface area contributed by atoms with Gasteiger partial charge in [0.15, 0.2) is 0 Å². The number of rotatable bonds is 5. The van der Waals surface area contributed by atoms with Gasteiger partial charge in [0, 0.05) is 19.2 Å². The highest BCUT2D eigenvalue weighted by atomic mass is 35.5.